The van der Waals surface area contributed by atoms with Crippen molar-refractivity contribution in [1.29, 1.82) is 0 Å². The van der Waals surface area contributed by atoms with E-state index in [1.54, 1.807) is 30.3 Å². The zero-order valence-corrected chi connectivity index (χ0v) is 24.5. The molecular formula is C31H42O9. The fraction of sp³-hybridized carbons (Fsp3) is 0.484. The fourth-order valence-electron chi connectivity index (χ4n) is 3.89. The van der Waals surface area contributed by atoms with Gasteiger partial charge in [0.15, 0.2) is 29.1 Å². The predicted molar refractivity (Wildman–Crippen MR) is 152 cm³/mol. The van der Waals surface area contributed by atoms with Crippen LogP contribution in [0.5, 0.6) is 23.0 Å². The first-order valence-corrected chi connectivity index (χ1v) is 13.3. The minimum Gasteiger partial charge on any atom is -0.504 e. The summed E-state index contributed by atoms with van der Waals surface area (Å²) in [5.74, 6) is 0.941. The molecule has 40 heavy (non-hydrogen) atoms. The summed E-state index contributed by atoms with van der Waals surface area (Å²) in [7, 11) is 4.51. The summed E-state index contributed by atoms with van der Waals surface area (Å²) in [6.45, 7) is 7.88. The topological polar surface area (TPSA) is 110 Å². The zero-order chi connectivity index (χ0) is 29.7. The minimum absolute atomic E-state index is 0.0121. The second-order valence-electron chi connectivity index (χ2n) is 10.1. The van der Waals surface area contributed by atoms with Crippen molar-refractivity contribution >= 4 is 18.0 Å². The quantitative estimate of drug-likeness (QED) is 0.258. The number of phenols is 1. The molecule has 0 saturated carbocycles. The van der Waals surface area contributed by atoms with Crippen molar-refractivity contribution < 1.29 is 43.1 Å². The highest BCUT2D eigenvalue weighted by atomic mass is 16.6. The average Bonchev–Trinajstić information content (AvgIpc) is 2.90. The van der Waals surface area contributed by atoms with Crippen LogP contribution in [-0.2, 0) is 23.8 Å². The number of hydrogen-bond acceptors (Lipinski definition) is 9. The molecule has 0 spiro atoms. The number of aromatic hydroxyl groups is 1. The van der Waals surface area contributed by atoms with Gasteiger partial charge >= 0.3 is 11.9 Å². The van der Waals surface area contributed by atoms with Crippen molar-refractivity contribution in [3.63, 3.8) is 0 Å². The highest BCUT2D eigenvalue weighted by Gasteiger charge is 2.29. The molecular weight excluding hydrogens is 516 g/mol. The number of ether oxygens (including phenoxy) is 6. The molecule has 0 unspecified atom stereocenters. The molecule has 220 valence electrons. The van der Waals surface area contributed by atoms with Crippen molar-refractivity contribution in [2.75, 3.05) is 34.5 Å². The van der Waals surface area contributed by atoms with E-state index >= 15 is 0 Å². The van der Waals surface area contributed by atoms with E-state index in [1.165, 1.54) is 27.4 Å². The van der Waals surface area contributed by atoms with Gasteiger partial charge in [0.25, 0.3) is 0 Å². The van der Waals surface area contributed by atoms with E-state index in [-0.39, 0.29) is 54.9 Å². The van der Waals surface area contributed by atoms with E-state index in [2.05, 4.69) is 0 Å². The smallest absolute Gasteiger partial charge is 0.306 e. The van der Waals surface area contributed by atoms with Crippen LogP contribution < -0.4 is 14.2 Å². The highest BCUT2D eigenvalue weighted by Crippen LogP contribution is 2.35. The summed E-state index contributed by atoms with van der Waals surface area (Å²) in [6, 6.07) is 10.2. The van der Waals surface area contributed by atoms with Gasteiger partial charge in [0, 0.05) is 20.0 Å². The number of esters is 2. The average molecular weight is 559 g/mol. The lowest BCUT2D eigenvalue weighted by atomic mass is 10.0. The summed E-state index contributed by atoms with van der Waals surface area (Å²) in [6.07, 6.45) is 2.79. The lowest BCUT2D eigenvalue weighted by molar-refractivity contribution is -0.149. The third-order valence-corrected chi connectivity index (χ3v) is 5.80. The van der Waals surface area contributed by atoms with Crippen LogP contribution in [-0.4, -0.2) is 57.7 Å². The first-order valence-electron chi connectivity index (χ1n) is 13.3. The van der Waals surface area contributed by atoms with Crippen molar-refractivity contribution in [3.8, 4) is 23.0 Å². The molecule has 9 heteroatoms. The molecule has 1 N–H and O–H groups in total. The first-order chi connectivity index (χ1) is 19.1. The summed E-state index contributed by atoms with van der Waals surface area (Å²) >= 11 is 0. The molecule has 2 aromatic carbocycles. The van der Waals surface area contributed by atoms with Crippen molar-refractivity contribution in [2.45, 2.75) is 52.7 Å². The van der Waals surface area contributed by atoms with Crippen LogP contribution in [0, 0.1) is 11.8 Å². The van der Waals surface area contributed by atoms with Crippen molar-refractivity contribution in [2.24, 2.45) is 11.8 Å². The third kappa shape index (κ3) is 10.4. The Morgan fingerprint density at radius 2 is 1.48 bits per heavy atom. The summed E-state index contributed by atoms with van der Waals surface area (Å²) in [5, 5.41) is 10.0. The van der Waals surface area contributed by atoms with E-state index in [1.807, 2.05) is 39.8 Å². The summed E-state index contributed by atoms with van der Waals surface area (Å²) in [4.78, 5) is 24.1. The monoisotopic (exact) mass is 558 g/mol. The lowest BCUT2D eigenvalue weighted by Gasteiger charge is -2.28. The molecule has 0 aliphatic heterocycles. The molecule has 9 nitrogen and oxygen atoms in total. The van der Waals surface area contributed by atoms with Gasteiger partial charge < -0.3 is 33.5 Å². The standard InChI is InChI=1S/C31H42O9/c1-20(2)15-29(33)38-14-8-9-22-10-13-25(27(17-22)36-6)40-28(19-39-30(34)16-21(3)4)31(37-7)23-11-12-24(32)26(18-23)35-5/h8-13,17-18,20-21,28,31-32H,14-16,19H2,1-7H3/b9-8+/t28-,31-/m1/s1. The molecule has 2 rings (SSSR count). The summed E-state index contributed by atoms with van der Waals surface area (Å²) < 4.78 is 33.7. The van der Waals surface area contributed by atoms with Gasteiger partial charge in [-0.05, 0) is 53.3 Å². The molecule has 2 aromatic rings. The number of hydrogen-bond donors (Lipinski definition) is 1. The molecule has 0 aliphatic rings. The molecule has 0 bridgehead atoms. The third-order valence-electron chi connectivity index (χ3n) is 5.80. The van der Waals surface area contributed by atoms with E-state index in [0.29, 0.717) is 23.5 Å². The Balaban J connectivity index is 2.27. The number of carbonyl (C=O) groups is 2. The second kappa shape index (κ2) is 16.4. The first kappa shape index (κ1) is 32.5. The van der Waals surface area contributed by atoms with Crippen molar-refractivity contribution in [1.82, 2.24) is 0 Å². The number of carbonyl (C=O) groups excluding carboxylic acids is 2. The Bertz CT molecular complexity index is 1120. The Hall–Kier alpha value is -3.72. The number of rotatable bonds is 16. The largest absolute Gasteiger partial charge is 0.504 e. The molecule has 2 atom stereocenters. The van der Waals surface area contributed by atoms with Crippen LogP contribution in [0.15, 0.2) is 42.5 Å². The Labute approximate surface area is 237 Å². The second-order valence-corrected chi connectivity index (χ2v) is 10.1. The number of methoxy groups -OCH3 is 3. The van der Waals surface area contributed by atoms with E-state index in [4.69, 9.17) is 28.4 Å². The molecule has 0 aliphatic carbocycles. The number of phenolic OH excluding ortho intramolecular Hbond substituents is 1. The predicted octanol–water partition coefficient (Wildman–Crippen LogP) is 5.74. The Morgan fingerprint density at radius 3 is 2.08 bits per heavy atom. The van der Waals surface area contributed by atoms with E-state index < -0.39 is 12.2 Å². The zero-order valence-electron chi connectivity index (χ0n) is 24.5. The molecule has 0 fully saturated rings. The van der Waals surface area contributed by atoms with Crippen LogP contribution in [0.2, 0.25) is 0 Å². The van der Waals surface area contributed by atoms with E-state index in [0.717, 1.165) is 5.56 Å². The van der Waals surface area contributed by atoms with E-state index in [9.17, 15) is 14.7 Å². The maximum atomic E-state index is 12.4. The number of benzene rings is 2. The van der Waals surface area contributed by atoms with Crippen LogP contribution in [0.1, 0.15) is 57.8 Å². The van der Waals surface area contributed by atoms with Gasteiger partial charge in [0.05, 0.1) is 14.2 Å². The van der Waals surface area contributed by atoms with Gasteiger partial charge in [0.2, 0.25) is 0 Å². The molecule has 0 radical (unpaired) electrons. The normalized spacial score (nSPS) is 12.8. The van der Waals surface area contributed by atoms with Gasteiger partial charge in [-0.1, -0.05) is 45.9 Å². The highest BCUT2D eigenvalue weighted by molar-refractivity contribution is 5.70. The molecule has 0 aromatic heterocycles. The molecule has 0 amide bonds. The SMILES string of the molecule is COc1cc([C@@H](OC)[C@@H](COC(=O)CC(C)C)Oc2ccc(/C=C/COC(=O)CC(C)C)cc2OC)ccc1O. The fourth-order valence-corrected chi connectivity index (χ4v) is 3.89. The lowest BCUT2D eigenvalue weighted by Crippen LogP contribution is -2.33. The van der Waals surface area contributed by atoms with Crippen LogP contribution in [0.3, 0.4) is 0 Å². The van der Waals surface area contributed by atoms with Crippen LogP contribution in [0.4, 0.5) is 0 Å². The maximum Gasteiger partial charge on any atom is 0.306 e. The van der Waals surface area contributed by atoms with Crippen LogP contribution >= 0.6 is 0 Å². The molecule has 0 heterocycles. The van der Waals surface area contributed by atoms with Gasteiger partial charge in [-0.3, -0.25) is 9.59 Å². The Morgan fingerprint density at radius 1 is 0.825 bits per heavy atom. The van der Waals surface area contributed by atoms with Gasteiger partial charge in [-0.2, -0.15) is 0 Å². The summed E-state index contributed by atoms with van der Waals surface area (Å²) in [5.41, 5.74) is 1.48. The van der Waals surface area contributed by atoms with Gasteiger partial charge in [-0.15, -0.1) is 0 Å². The van der Waals surface area contributed by atoms with Gasteiger partial charge in [0.1, 0.15) is 19.3 Å². The minimum atomic E-state index is -0.758. The Kier molecular flexibility index (Phi) is 13.3. The van der Waals surface area contributed by atoms with Gasteiger partial charge in [-0.25, -0.2) is 0 Å². The maximum absolute atomic E-state index is 12.4. The molecule has 0 saturated heterocycles. The van der Waals surface area contributed by atoms with Crippen molar-refractivity contribution in [3.05, 3.63) is 53.6 Å². The van der Waals surface area contributed by atoms with Crippen LogP contribution in [0.25, 0.3) is 6.08 Å².